The average Bonchev–Trinajstić information content (AvgIpc) is 2.01. The van der Waals surface area contributed by atoms with Crippen molar-refractivity contribution in [2.45, 2.75) is 6.42 Å². The molecule has 1 nitrogen and oxygen atoms in total. The molecule has 0 unspecified atom stereocenters. The maximum absolute atomic E-state index is 12.8. The highest BCUT2D eigenvalue weighted by atomic mass is 79.9. The van der Waals surface area contributed by atoms with Gasteiger partial charge in [0.25, 0.3) is 0 Å². The fourth-order valence-electron chi connectivity index (χ4n) is 0.876. The van der Waals surface area contributed by atoms with Gasteiger partial charge in [-0.1, -0.05) is 11.6 Å². The van der Waals surface area contributed by atoms with Gasteiger partial charge >= 0.3 is 0 Å². The van der Waals surface area contributed by atoms with E-state index < -0.39 is 0 Å². The molecule has 0 aromatic heterocycles. The zero-order valence-corrected chi connectivity index (χ0v) is 8.49. The highest BCUT2D eigenvalue weighted by Gasteiger charge is 2.05. The van der Waals surface area contributed by atoms with Gasteiger partial charge in [0, 0.05) is 11.6 Å². The molecule has 0 aliphatic heterocycles. The van der Waals surface area contributed by atoms with E-state index in [1.165, 1.54) is 6.07 Å². The van der Waals surface area contributed by atoms with E-state index in [0.717, 1.165) is 5.56 Å². The van der Waals surface area contributed by atoms with Gasteiger partial charge in [-0.25, -0.2) is 4.39 Å². The second-order valence-corrected chi connectivity index (χ2v) is 3.59. The fraction of sp³-hybridized carbons (Fsp3) is 0.250. The van der Waals surface area contributed by atoms with Crippen LogP contribution in [0.15, 0.2) is 16.6 Å². The van der Waals surface area contributed by atoms with E-state index in [9.17, 15) is 4.39 Å². The van der Waals surface area contributed by atoms with Gasteiger partial charge in [0.1, 0.15) is 5.82 Å². The predicted octanol–water partition coefficient (Wildman–Crippen LogP) is 2.78. The molecule has 1 rings (SSSR count). The third-order valence-corrected chi connectivity index (χ3v) is 2.43. The van der Waals surface area contributed by atoms with Crippen LogP contribution in [-0.2, 0) is 6.42 Å². The molecular formula is C8H7BrClFO. The number of rotatable bonds is 2. The molecule has 66 valence electrons. The molecule has 1 N–H and O–H groups in total. The minimum absolute atomic E-state index is 0.0117. The molecule has 0 bridgehead atoms. The van der Waals surface area contributed by atoms with E-state index in [0.29, 0.717) is 15.9 Å². The number of hydrogen-bond acceptors (Lipinski definition) is 1. The molecule has 4 heteroatoms. The van der Waals surface area contributed by atoms with Crippen molar-refractivity contribution in [2.24, 2.45) is 0 Å². The maximum atomic E-state index is 12.8. The highest BCUT2D eigenvalue weighted by Crippen LogP contribution is 2.24. The normalized spacial score (nSPS) is 10.3. The van der Waals surface area contributed by atoms with Crippen LogP contribution >= 0.6 is 27.5 Å². The van der Waals surface area contributed by atoms with Gasteiger partial charge in [0.05, 0.1) is 4.47 Å². The van der Waals surface area contributed by atoms with Crippen LogP contribution in [0, 0.1) is 5.82 Å². The summed E-state index contributed by atoms with van der Waals surface area (Å²) >= 11 is 8.74. The van der Waals surface area contributed by atoms with E-state index in [-0.39, 0.29) is 12.4 Å². The summed E-state index contributed by atoms with van der Waals surface area (Å²) in [6.07, 6.45) is 0.442. The minimum atomic E-state index is -0.387. The molecule has 0 saturated heterocycles. The number of aliphatic hydroxyl groups is 1. The molecule has 0 amide bonds. The lowest BCUT2D eigenvalue weighted by Gasteiger charge is -2.03. The molecule has 0 atom stereocenters. The lowest BCUT2D eigenvalue weighted by molar-refractivity contribution is 0.299. The molecule has 0 radical (unpaired) electrons. The Labute approximate surface area is 83.3 Å². The summed E-state index contributed by atoms with van der Waals surface area (Å²) in [6, 6.07) is 2.81. The van der Waals surface area contributed by atoms with Crippen molar-refractivity contribution in [1.82, 2.24) is 0 Å². The zero-order chi connectivity index (χ0) is 9.14. The van der Waals surface area contributed by atoms with E-state index in [1.54, 1.807) is 6.07 Å². The summed E-state index contributed by atoms with van der Waals surface area (Å²) in [4.78, 5) is 0. The van der Waals surface area contributed by atoms with Crippen LogP contribution in [0.1, 0.15) is 5.56 Å². The molecule has 12 heavy (non-hydrogen) atoms. The van der Waals surface area contributed by atoms with Crippen LogP contribution in [0.2, 0.25) is 5.02 Å². The van der Waals surface area contributed by atoms with Gasteiger partial charge in [-0.2, -0.15) is 0 Å². The monoisotopic (exact) mass is 252 g/mol. The molecule has 0 aliphatic carbocycles. The summed E-state index contributed by atoms with van der Waals surface area (Å²) in [7, 11) is 0. The van der Waals surface area contributed by atoms with Gasteiger partial charge in [-0.05, 0) is 40.0 Å². The fourth-order valence-corrected chi connectivity index (χ4v) is 1.51. The Balaban J connectivity index is 3.05. The topological polar surface area (TPSA) is 20.2 Å². The Hall–Kier alpha value is -0.120. The molecule has 1 aromatic carbocycles. The van der Waals surface area contributed by atoms with Crippen molar-refractivity contribution in [2.75, 3.05) is 6.61 Å². The first-order valence-corrected chi connectivity index (χ1v) is 4.56. The zero-order valence-electron chi connectivity index (χ0n) is 6.15. The molecule has 0 aliphatic rings. The Morgan fingerprint density at radius 2 is 2.17 bits per heavy atom. The first-order valence-electron chi connectivity index (χ1n) is 3.39. The van der Waals surface area contributed by atoms with Gasteiger partial charge < -0.3 is 5.11 Å². The molecule has 0 saturated carbocycles. The quantitative estimate of drug-likeness (QED) is 0.804. The Kier molecular flexibility index (Phi) is 3.50. The van der Waals surface area contributed by atoms with E-state index in [2.05, 4.69) is 15.9 Å². The van der Waals surface area contributed by atoms with Crippen molar-refractivity contribution in [3.05, 3.63) is 33.0 Å². The van der Waals surface area contributed by atoms with Crippen LogP contribution in [0.25, 0.3) is 0 Å². The van der Waals surface area contributed by atoms with E-state index in [4.69, 9.17) is 16.7 Å². The lowest BCUT2D eigenvalue weighted by atomic mass is 10.1. The van der Waals surface area contributed by atoms with E-state index >= 15 is 0 Å². The van der Waals surface area contributed by atoms with Crippen LogP contribution in [0.3, 0.4) is 0 Å². The van der Waals surface area contributed by atoms with Gasteiger partial charge in [0.2, 0.25) is 0 Å². The van der Waals surface area contributed by atoms with E-state index in [1.807, 2.05) is 0 Å². The molecular weight excluding hydrogens is 246 g/mol. The van der Waals surface area contributed by atoms with Gasteiger partial charge in [-0.3, -0.25) is 0 Å². The standard InChI is InChI=1S/C8H7BrClFO/c9-6-3-5(1-2-12)7(10)4-8(6)11/h3-4,12H,1-2H2. The van der Waals surface area contributed by atoms with Gasteiger partial charge in [-0.15, -0.1) is 0 Å². The molecule has 0 fully saturated rings. The SMILES string of the molecule is OCCc1cc(Br)c(F)cc1Cl. The van der Waals surface area contributed by atoms with Crippen molar-refractivity contribution in [1.29, 1.82) is 0 Å². The second kappa shape index (κ2) is 4.21. The number of aliphatic hydroxyl groups excluding tert-OH is 1. The summed E-state index contributed by atoms with van der Waals surface area (Å²) in [6.45, 7) is 0.0117. The van der Waals surface area contributed by atoms with Crippen LogP contribution in [0.4, 0.5) is 4.39 Å². The minimum Gasteiger partial charge on any atom is -0.396 e. The van der Waals surface area contributed by atoms with Crippen molar-refractivity contribution in [3.8, 4) is 0 Å². The summed E-state index contributed by atoms with van der Waals surface area (Å²) in [5, 5.41) is 8.99. The maximum Gasteiger partial charge on any atom is 0.138 e. The third kappa shape index (κ3) is 2.19. The van der Waals surface area contributed by atoms with Crippen LogP contribution in [0.5, 0.6) is 0 Å². The van der Waals surface area contributed by atoms with Crippen LogP contribution < -0.4 is 0 Å². The van der Waals surface area contributed by atoms with Crippen molar-refractivity contribution in [3.63, 3.8) is 0 Å². The lowest BCUT2D eigenvalue weighted by Crippen LogP contribution is -1.93. The molecule has 0 heterocycles. The predicted molar refractivity (Wildman–Crippen MR) is 49.9 cm³/mol. The van der Waals surface area contributed by atoms with Gasteiger partial charge in [0.15, 0.2) is 0 Å². The van der Waals surface area contributed by atoms with Crippen LogP contribution in [-0.4, -0.2) is 11.7 Å². The Morgan fingerprint density at radius 3 is 2.75 bits per heavy atom. The van der Waals surface area contributed by atoms with Crippen molar-refractivity contribution >= 4 is 27.5 Å². The molecule has 1 aromatic rings. The smallest absolute Gasteiger partial charge is 0.138 e. The number of hydrogen-bond donors (Lipinski definition) is 1. The largest absolute Gasteiger partial charge is 0.396 e. The molecule has 0 spiro atoms. The van der Waals surface area contributed by atoms with Crippen molar-refractivity contribution < 1.29 is 9.50 Å². The number of benzene rings is 1. The summed E-state index contributed by atoms with van der Waals surface area (Å²) < 4.78 is 13.2. The summed E-state index contributed by atoms with van der Waals surface area (Å²) in [5.41, 5.74) is 0.743. The number of halogens is 3. The summed E-state index contributed by atoms with van der Waals surface area (Å²) in [5.74, 6) is -0.387. The second-order valence-electron chi connectivity index (χ2n) is 2.33. The Bertz CT molecular complexity index is 291. The third-order valence-electron chi connectivity index (χ3n) is 1.47. The first-order chi connectivity index (χ1) is 5.65. The average molecular weight is 253 g/mol. The first kappa shape index (κ1) is 9.96. The Morgan fingerprint density at radius 1 is 1.50 bits per heavy atom. The highest BCUT2D eigenvalue weighted by molar-refractivity contribution is 9.10.